The fourth-order valence-corrected chi connectivity index (χ4v) is 3.29. The van der Waals surface area contributed by atoms with Gasteiger partial charge < -0.3 is 10.1 Å². The molecule has 2 aromatic rings. The number of carbonyl (C=O) groups is 1. The molecular formula is C14H14BrFN2O2. The quantitative estimate of drug-likeness (QED) is 0.873. The summed E-state index contributed by atoms with van der Waals surface area (Å²) in [6.45, 7) is 0. The first kappa shape index (κ1) is 13.5. The minimum absolute atomic E-state index is 0.115. The number of hydrogen-bond acceptors (Lipinski definition) is 2. The second kappa shape index (κ2) is 5.16. The van der Waals surface area contributed by atoms with E-state index in [9.17, 15) is 14.3 Å². The number of hydrogen-bond donors (Lipinski definition) is 2. The lowest BCUT2D eigenvalue weighted by atomic mass is 9.79. The van der Waals surface area contributed by atoms with E-state index < -0.39 is 11.9 Å². The highest BCUT2D eigenvalue weighted by molar-refractivity contribution is 9.10. The maximum Gasteiger partial charge on any atom is 0.307 e. The van der Waals surface area contributed by atoms with E-state index in [2.05, 4.69) is 25.9 Å². The van der Waals surface area contributed by atoms with Crippen molar-refractivity contribution in [3.63, 3.8) is 0 Å². The lowest BCUT2D eigenvalue weighted by Crippen LogP contribution is -2.26. The molecule has 4 nitrogen and oxygen atoms in total. The average Bonchev–Trinajstić information content (AvgIpc) is 2.82. The zero-order valence-corrected chi connectivity index (χ0v) is 12.3. The van der Waals surface area contributed by atoms with Crippen molar-refractivity contribution in [2.45, 2.75) is 31.6 Å². The number of nitrogens with one attached hydrogen (secondary N) is 1. The molecule has 0 radical (unpaired) electrons. The predicted molar refractivity (Wildman–Crippen MR) is 76.1 cm³/mol. The molecule has 1 aromatic heterocycles. The van der Waals surface area contributed by atoms with Crippen molar-refractivity contribution in [1.82, 2.24) is 9.97 Å². The predicted octanol–water partition coefficient (Wildman–Crippen LogP) is 3.82. The van der Waals surface area contributed by atoms with Gasteiger partial charge in [0.2, 0.25) is 0 Å². The molecule has 0 aliphatic heterocycles. The van der Waals surface area contributed by atoms with Gasteiger partial charge in [0.15, 0.2) is 0 Å². The Labute approximate surface area is 123 Å². The highest BCUT2D eigenvalue weighted by Gasteiger charge is 2.33. The lowest BCUT2D eigenvalue weighted by Gasteiger charge is -2.26. The zero-order chi connectivity index (χ0) is 14.3. The number of nitrogens with zero attached hydrogens (tertiary/aromatic N) is 1. The van der Waals surface area contributed by atoms with Crippen LogP contribution in [0, 0.1) is 11.7 Å². The van der Waals surface area contributed by atoms with Gasteiger partial charge in [0.05, 0.1) is 21.4 Å². The van der Waals surface area contributed by atoms with Gasteiger partial charge in [-0.3, -0.25) is 4.79 Å². The van der Waals surface area contributed by atoms with Crippen LogP contribution in [-0.4, -0.2) is 21.0 Å². The molecule has 0 saturated heterocycles. The van der Waals surface area contributed by atoms with Crippen LogP contribution in [0.1, 0.15) is 37.4 Å². The minimum Gasteiger partial charge on any atom is -0.481 e. The average molecular weight is 341 g/mol. The van der Waals surface area contributed by atoms with Crippen LogP contribution in [-0.2, 0) is 4.79 Å². The molecule has 1 aliphatic rings. The van der Waals surface area contributed by atoms with Gasteiger partial charge in [0.1, 0.15) is 11.6 Å². The fourth-order valence-electron chi connectivity index (χ4n) is 2.95. The Morgan fingerprint density at radius 2 is 2.15 bits per heavy atom. The zero-order valence-electron chi connectivity index (χ0n) is 10.7. The first-order chi connectivity index (χ1) is 9.56. The van der Waals surface area contributed by atoms with Gasteiger partial charge in [-0.1, -0.05) is 12.8 Å². The Bertz CT molecular complexity index is 631. The number of H-pyrrole nitrogens is 1. The van der Waals surface area contributed by atoms with E-state index in [1.807, 2.05) is 0 Å². The van der Waals surface area contributed by atoms with Gasteiger partial charge >= 0.3 is 5.97 Å². The number of fused-ring (bicyclic) bond motifs is 1. The Morgan fingerprint density at radius 3 is 2.90 bits per heavy atom. The molecule has 1 fully saturated rings. The smallest absolute Gasteiger partial charge is 0.307 e. The van der Waals surface area contributed by atoms with Crippen molar-refractivity contribution in [3.05, 3.63) is 28.2 Å². The van der Waals surface area contributed by atoms with Gasteiger partial charge in [-0.25, -0.2) is 9.37 Å². The fraction of sp³-hybridized carbons (Fsp3) is 0.429. The molecule has 0 amide bonds. The summed E-state index contributed by atoms with van der Waals surface area (Å²) in [5.74, 6) is -0.994. The third-order valence-electron chi connectivity index (χ3n) is 3.98. The van der Waals surface area contributed by atoms with Crippen LogP contribution in [0.2, 0.25) is 0 Å². The van der Waals surface area contributed by atoms with Crippen molar-refractivity contribution < 1.29 is 14.3 Å². The number of benzene rings is 1. The molecule has 1 aliphatic carbocycles. The van der Waals surface area contributed by atoms with Gasteiger partial charge in [0.25, 0.3) is 0 Å². The van der Waals surface area contributed by atoms with E-state index in [1.165, 1.54) is 6.07 Å². The van der Waals surface area contributed by atoms with Gasteiger partial charge in [-0.05, 0) is 34.8 Å². The number of carboxylic acids is 1. The Morgan fingerprint density at radius 1 is 1.40 bits per heavy atom. The van der Waals surface area contributed by atoms with Crippen LogP contribution >= 0.6 is 15.9 Å². The van der Waals surface area contributed by atoms with Crippen molar-refractivity contribution in [1.29, 1.82) is 0 Å². The van der Waals surface area contributed by atoms with Crippen LogP contribution < -0.4 is 0 Å². The first-order valence-corrected chi connectivity index (χ1v) is 7.43. The Balaban J connectivity index is 2.02. The summed E-state index contributed by atoms with van der Waals surface area (Å²) in [5, 5.41) is 9.32. The maximum atomic E-state index is 13.5. The van der Waals surface area contributed by atoms with Gasteiger partial charge in [0, 0.05) is 12.0 Å². The molecule has 106 valence electrons. The van der Waals surface area contributed by atoms with Crippen LogP contribution in [0.15, 0.2) is 16.6 Å². The molecule has 0 spiro atoms. The number of rotatable bonds is 2. The molecular weight excluding hydrogens is 327 g/mol. The van der Waals surface area contributed by atoms with Crippen LogP contribution in [0.3, 0.4) is 0 Å². The van der Waals surface area contributed by atoms with Crippen molar-refractivity contribution >= 4 is 32.9 Å². The third-order valence-corrected chi connectivity index (χ3v) is 4.58. The molecule has 1 aromatic carbocycles. The number of aromatic amines is 1. The summed E-state index contributed by atoms with van der Waals surface area (Å²) in [6, 6.07) is 3.00. The molecule has 6 heteroatoms. The van der Waals surface area contributed by atoms with Crippen molar-refractivity contribution in [3.8, 4) is 0 Å². The SMILES string of the molecule is O=C(O)C1CCCCC1c1nc2cc(Br)c(F)cc2[nH]1. The topological polar surface area (TPSA) is 66.0 Å². The summed E-state index contributed by atoms with van der Waals surface area (Å²) >= 11 is 3.13. The van der Waals surface area contributed by atoms with Gasteiger partial charge in [-0.2, -0.15) is 0 Å². The van der Waals surface area contributed by atoms with E-state index in [0.29, 0.717) is 27.8 Å². The van der Waals surface area contributed by atoms with Gasteiger partial charge in [-0.15, -0.1) is 0 Å². The summed E-state index contributed by atoms with van der Waals surface area (Å²) in [5.41, 5.74) is 1.26. The molecule has 1 saturated carbocycles. The molecule has 0 bridgehead atoms. The number of imidazole rings is 1. The molecule has 20 heavy (non-hydrogen) atoms. The van der Waals surface area contributed by atoms with E-state index >= 15 is 0 Å². The van der Waals surface area contributed by atoms with Crippen LogP contribution in [0.25, 0.3) is 11.0 Å². The number of carboxylic acid groups (broad SMARTS) is 1. The maximum absolute atomic E-state index is 13.5. The molecule has 2 unspecified atom stereocenters. The lowest BCUT2D eigenvalue weighted by molar-refractivity contribution is -0.143. The van der Waals surface area contributed by atoms with E-state index in [1.54, 1.807) is 6.07 Å². The molecule has 2 N–H and O–H groups in total. The molecule has 2 atom stereocenters. The van der Waals surface area contributed by atoms with Crippen molar-refractivity contribution in [2.75, 3.05) is 0 Å². The number of halogens is 2. The highest BCUT2D eigenvalue weighted by Crippen LogP contribution is 2.37. The molecule has 1 heterocycles. The van der Waals surface area contributed by atoms with E-state index in [4.69, 9.17) is 0 Å². The standard InChI is InChI=1S/C14H14BrFN2O2/c15-9-5-11-12(6-10(9)16)18-13(17-11)7-3-1-2-4-8(7)14(19)20/h5-8H,1-4H2,(H,17,18)(H,19,20). The Kier molecular flexibility index (Phi) is 3.50. The number of aliphatic carboxylic acids is 1. The first-order valence-electron chi connectivity index (χ1n) is 6.63. The van der Waals surface area contributed by atoms with E-state index in [-0.39, 0.29) is 11.7 Å². The summed E-state index contributed by atoms with van der Waals surface area (Å²) in [6.07, 6.45) is 3.42. The molecule has 3 rings (SSSR count). The normalized spacial score (nSPS) is 23.1. The monoisotopic (exact) mass is 340 g/mol. The van der Waals surface area contributed by atoms with Crippen LogP contribution in [0.4, 0.5) is 4.39 Å². The van der Waals surface area contributed by atoms with E-state index in [0.717, 1.165) is 19.3 Å². The number of aromatic nitrogens is 2. The summed E-state index contributed by atoms with van der Waals surface area (Å²) < 4.78 is 13.9. The largest absolute Gasteiger partial charge is 0.481 e. The summed E-state index contributed by atoms with van der Waals surface area (Å²) in [7, 11) is 0. The second-order valence-corrected chi connectivity index (χ2v) is 6.10. The second-order valence-electron chi connectivity index (χ2n) is 5.24. The van der Waals surface area contributed by atoms with Crippen molar-refractivity contribution in [2.24, 2.45) is 5.92 Å². The third kappa shape index (κ3) is 2.32. The van der Waals surface area contributed by atoms with Crippen LogP contribution in [0.5, 0.6) is 0 Å². The summed E-state index contributed by atoms with van der Waals surface area (Å²) in [4.78, 5) is 18.9. The highest BCUT2D eigenvalue weighted by atomic mass is 79.9. The Hall–Kier alpha value is -1.43. The minimum atomic E-state index is -0.775.